The highest BCUT2D eigenvalue weighted by atomic mass is 35.5. The van der Waals surface area contributed by atoms with Crippen molar-refractivity contribution < 1.29 is 13.9 Å². The van der Waals surface area contributed by atoms with E-state index in [2.05, 4.69) is 0 Å². The molecule has 0 saturated carbocycles. The lowest BCUT2D eigenvalue weighted by molar-refractivity contribution is 0.305. The molecule has 0 atom stereocenters. The predicted octanol–water partition coefficient (Wildman–Crippen LogP) is 3.65. The Morgan fingerprint density at radius 1 is 1.21 bits per heavy atom. The van der Waals surface area contributed by atoms with Crippen LogP contribution in [0.15, 0.2) is 36.4 Å². The highest BCUT2D eigenvalue weighted by Gasteiger charge is 2.04. The molecule has 0 spiro atoms. The van der Waals surface area contributed by atoms with E-state index in [9.17, 15) is 4.39 Å². The minimum atomic E-state index is -0.445. The summed E-state index contributed by atoms with van der Waals surface area (Å²) in [7, 11) is 1.55. The molecule has 0 amide bonds. The van der Waals surface area contributed by atoms with E-state index >= 15 is 0 Å². The Labute approximate surface area is 115 Å². The van der Waals surface area contributed by atoms with Crippen molar-refractivity contribution in [2.75, 3.05) is 12.8 Å². The Balaban J connectivity index is 2.05. The minimum absolute atomic E-state index is 0.0790. The monoisotopic (exact) mass is 281 g/mol. The van der Waals surface area contributed by atoms with E-state index in [4.69, 9.17) is 26.8 Å². The van der Waals surface area contributed by atoms with Crippen LogP contribution in [-0.4, -0.2) is 7.11 Å². The Hall–Kier alpha value is -1.94. The average Bonchev–Trinajstić information content (AvgIpc) is 2.40. The number of nitrogens with two attached hydrogens (primary N) is 1. The average molecular weight is 282 g/mol. The summed E-state index contributed by atoms with van der Waals surface area (Å²) in [6.45, 7) is 0.284. The fourth-order valence-electron chi connectivity index (χ4n) is 1.60. The van der Waals surface area contributed by atoms with Crippen LogP contribution in [0, 0.1) is 5.82 Å². The molecule has 0 radical (unpaired) electrons. The van der Waals surface area contributed by atoms with Crippen molar-refractivity contribution >= 4 is 17.3 Å². The highest BCUT2D eigenvalue weighted by Crippen LogP contribution is 2.26. The third-order valence-corrected chi connectivity index (χ3v) is 2.88. The van der Waals surface area contributed by atoms with Crippen molar-refractivity contribution in [2.24, 2.45) is 0 Å². The molecular weight excluding hydrogens is 269 g/mol. The molecule has 0 aromatic heterocycles. The van der Waals surface area contributed by atoms with Crippen LogP contribution in [0.25, 0.3) is 0 Å². The van der Waals surface area contributed by atoms with Crippen LogP contribution in [0.5, 0.6) is 11.5 Å². The molecule has 5 heteroatoms. The van der Waals surface area contributed by atoms with Gasteiger partial charge in [0.15, 0.2) is 0 Å². The SMILES string of the molecule is COc1ccc(OCc2ccc(F)c(Cl)c2)cc1N. The molecule has 0 aliphatic heterocycles. The van der Waals surface area contributed by atoms with Gasteiger partial charge in [0.1, 0.15) is 23.9 Å². The normalized spacial score (nSPS) is 10.3. The maximum absolute atomic E-state index is 13.0. The fourth-order valence-corrected chi connectivity index (χ4v) is 1.80. The molecule has 0 bridgehead atoms. The van der Waals surface area contributed by atoms with Crippen LogP contribution >= 0.6 is 11.6 Å². The van der Waals surface area contributed by atoms with Crippen molar-refractivity contribution in [2.45, 2.75) is 6.61 Å². The van der Waals surface area contributed by atoms with Gasteiger partial charge in [-0.3, -0.25) is 0 Å². The first kappa shape index (κ1) is 13.5. The second-order valence-corrected chi connectivity index (χ2v) is 4.35. The first-order valence-corrected chi connectivity index (χ1v) is 5.98. The smallest absolute Gasteiger partial charge is 0.142 e. The Morgan fingerprint density at radius 2 is 2.00 bits per heavy atom. The summed E-state index contributed by atoms with van der Waals surface area (Å²) in [4.78, 5) is 0. The second-order valence-electron chi connectivity index (χ2n) is 3.94. The van der Waals surface area contributed by atoms with Crippen molar-refractivity contribution in [1.82, 2.24) is 0 Å². The van der Waals surface area contributed by atoms with Gasteiger partial charge < -0.3 is 15.2 Å². The zero-order valence-electron chi connectivity index (χ0n) is 10.3. The van der Waals surface area contributed by atoms with Crippen LogP contribution in [0.3, 0.4) is 0 Å². The molecule has 0 aliphatic rings. The molecule has 0 saturated heterocycles. The molecule has 2 rings (SSSR count). The standard InChI is InChI=1S/C14H13ClFNO2/c1-18-14-5-3-10(7-13(14)17)19-8-9-2-4-12(16)11(15)6-9/h2-7H,8,17H2,1H3. The number of halogens is 2. The van der Waals surface area contributed by atoms with Crippen molar-refractivity contribution in [3.63, 3.8) is 0 Å². The molecular formula is C14H13ClFNO2. The van der Waals surface area contributed by atoms with Crippen molar-refractivity contribution in [1.29, 1.82) is 0 Å². The summed E-state index contributed by atoms with van der Waals surface area (Å²) in [5.74, 6) is 0.759. The van der Waals surface area contributed by atoms with Gasteiger partial charge in [0.25, 0.3) is 0 Å². The van der Waals surface area contributed by atoms with Crippen LogP contribution in [0.1, 0.15) is 5.56 Å². The third-order valence-electron chi connectivity index (χ3n) is 2.59. The summed E-state index contributed by atoms with van der Waals surface area (Å²) in [6, 6.07) is 9.61. The molecule has 2 N–H and O–H groups in total. The summed E-state index contributed by atoms with van der Waals surface area (Å²) >= 11 is 5.69. The van der Waals surface area contributed by atoms with E-state index in [0.717, 1.165) is 5.56 Å². The van der Waals surface area contributed by atoms with Gasteiger partial charge >= 0.3 is 0 Å². The van der Waals surface area contributed by atoms with Crippen LogP contribution < -0.4 is 15.2 Å². The Morgan fingerprint density at radius 3 is 2.63 bits per heavy atom. The Kier molecular flexibility index (Phi) is 4.12. The lowest BCUT2D eigenvalue weighted by Gasteiger charge is -2.09. The predicted molar refractivity (Wildman–Crippen MR) is 73.1 cm³/mol. The zero-order chi connectivity index (χ0) is 13.8. The van der Waals surface area contributed by atoms with Gasteiger partial charge in [-0.15, -0.1) is 0 Å². The molecule has 0 heterocycles. The van der Waals surface area contributed by atoms with Gasteiger partial charge in [0, 0.05) is 6.07 Å². The quantitative estimate of drug-likeness (QED) is 0.870. The summed E-state index contributed by atoms with van der Waals surface area (Å²) in [5.41, 5.74) is 7.04. The van der Waals surface area contributed by atoms with Crippen LogP contribution in [0.4, 0.5) is 10.1 Å². The minimum Gasteiger partial charge on any atom is -0.495 e. The second kappa shape index (κ2) is 5.80. The van der Waals surface area contributed by atoms with Gasteiger partial charge in [-0.1, -0.05) is 17.7 Å². The lowest BCUT2D eigenvalue weighted by Crippen LogP contribution is -1.98. The number of rotatable bonds is 4. The van der Waals surface area contributed by atoms with E-state index < -0.39 is 5.82 Å². The Bertz CT molecular complexity index is 590. The first-order valence-electron chi connectivity index (χ1n) is 5.60. The molecule has 100 valence electrons. The topological polar surface area (TPSA) is 44.5 Å². The van der Waals surface area contributed by atoms with E-state index in [0.29, 0.717) is 17.2 Å². The van der Waals surface area contributed by atoms with Crippen molar-refractivity contribution in [3.05, 3.63) is 52.8 Å². The number of hydrogen-bond acceptors (Lipinski definition) is 3. The third kappa shape index (κ3) is 3.29. The van der Waals surface area contributed by atoms with Crippen LogP contribution in [-0.2, 0) is 6.61 Å². The van der Waals surface area contributed by atoms with E-state index in [-0.39, 0.29) is 11.6 Å². The number of ether oxygens (including phenoxy) is 2. The number of benzene rings is 2. The van der Waals surface area contributed by atoms with E-state index in [1.807, 2.05) is 0 Å². The highest BCUT2D eigenvalue weighted by molar-refractivity contribution is 6.30. The van der Waals surface area contributed by atoms with Gasteiger partial charge in [-0.25, -0.2) is 4.39 Å². The van der Waals surface area contributed by atoms with Gasteiger partial charge in [0.05, 0.1) is 17.8 Å². The van der Waals surface area contributed by atoms with Gasteiger partial charge in [-0.05, 0) is 29.8 Å². The number of hydrogen-bond donors (Lipinski definition) is 1. The molecule has 0 aliphatic carbocycles. The number of anilines is 1. The largest absolute Gasteiger partial charge is 0.495 e. The molecule has 0 unspecified atom stereocenters. The summed E-state index contributed by atoms with van der Waals surface area (Å²) in [5, 5.41) is 0.0790. The molecule has 2 aromatic carbocycles. The maximum atomic E-state index is 13.0. The molecule has 3 nitrogen and oxygen atoms in total. The number of methoxy groups -OCH3 is 1. The molecule has 2 aromatic rings. The van der Waals surface area contributed by atoms with Crippen molar-refractivity contribution in [3.8, 4) is 11.5 Å². The molecule has 19 heavy (non-hydrogen) atoms. The zero-order valence-corrected chi connectivity index (χ0v) is 11.1. The fraction of sp³-hybridized carbons (Fsp3) is 0.143. The number of nitrogen functional groups attached to an aromatic ring is 1. The first-order chi connectivity index (χ1) is 9.10. The summed E-state index contributed by atoms with van der Waals surface area (Å²) in [6.07, 6.45) is 0. The maximum Gasteiger partial charge on any atom is 0.142 e. The van der Waals surface area contributed by atoms with Crippen LogP contribution in [0.2, 0.25) is 5.02 Å². The van der Waals surface area contributed by atoms with Gasteiger partial charge in [-0.2, -0.15) is 0 Å². The van der Waals surface area contributed by atoms with Gasteiger partial charge in [0.2, 0.25) is 0 Å². The van der Waals surface area contributed by atoms with E-state index in [1.54, 1.807) is 31.4 Å². The summed E-state index contributed by atoms with van der Waals surface area (Å²) < 4.78 is 23.6. The lowest BCUT2D eigenvalue weighted by atomic mass is 10.2. The molecule has 0 fully saturated rings. The van der Waals surface area contributed by atoms with E-state index in [1.165, 1.54) is 12.1 Å².